The lowest BCUT2D eigenvalue weighted by Gasteiger charge is -2.08. The Morgan fingerprint density at radius 1 is 1.11 bits per heavy atom. The van der Waals surface area contributed by atoms with Gasteiger partial charge >= 0.3 is 5.69 Å². The smallest absolute Gasteiger partial charge is 0.325 e. The van der Waals surface area contributed by atoms with E-state index in [9.17, 15) is 18.4 Å². The van der Waals surface area contributed by atoms with Crippen molar-refractivity contribution in [2.75, 3.05) is 7.11 Å². The summed E-state index contributed by atoms with van der Waals surface area (Å²) in [7, 11) is 1.32. The molecule has 0 radical (unpaired) electrons. The van der Waals surface area contributed by atoms with Crippen LogP contribution in [-0.2, 0) is 0 Å². The van der Waals surface area contributed by atoms with Gasteiger partial charge in [0.2, 0.25) is 5.88 Å². The predicted octanol–water partition coefficient (Wildman–Crippen LogP) is 2.05. The quantitative estimate of drug-likeness (QED) is 0.730. The van der Waals surface area contributed by atoms with Crippen LogP contribution in [0.5, 0.6) is 5.88 Å². The van der Waals surface area contributed by atoms with Crippen LogP contribution in [0.25, 0.3) is 11.3 Å². The average molecular weight is 372 g/mol. The number of benzene rings is 1. The fourth-order valence-electron chi connectivity index (χ4n) is 3.30. The lowest BCUT2D eigenvalue weighted by Crippen LogP contribution is -2.23. The monoisotopic (exact) mass is 372 g/mol. The third-order valence-electron chi connectivity index (χ3n) is 4.62. The molecule has 1 saturated carbocycles. The Morgan fingerprint density at radius 3 is 2.52 bits per heavy atom. The van der Waals surface area contributed by atoms with Crippen LogP contribution < -0.4 is 16.0 Å². The van der Waals surface area contributed by atoms with Gasteiger partial charge in [-0.05, 0) is 11.6 Å². The Morgan fingerprint density at radius 2 is 1.85 bits per heavy atom. The summed E-state index contributed by atoms with van der Waals surface area (Å²) in [6, 6.07) is 9.81. The maximum absolute atomic E-state index is 14.6. The average Bonchev–Trinajstić information content (AvgIpc) is 3.24. The fourth-order valence-corrected chi connectivity index (χ4v) is 3.30. The van der Waals surface area contributed by atoms with Crippen LogP contribution in [0.15, 0.2) is 52.2 Å². The molecule has 1 aromatic carbocycles. The SMILES string of the molecule is COc1nnc(-c2c[nH]c(=O)[nH]c2=O)cc1[C@@H]1[C@@H](c2ccccc2)C1(F)F. The zero-order chi connectivity index (χ0) is 19.2. The number of nitrogens with one attached hydrogen (secondary N) is 2. The van der Waals surface area contributed by atoms with Crippen molar-refractivity contribution in [2.24, 2.45) is 0 Å². The van der Waals surface area contributed by atoms with E-state index in [1.807, 2.05) is 0 Å². The van der Waals surface area contributed by atoms with Crippen LogP contribution in [0.2, 0.25) is 0 Å². The molecule has 1 aliphatic carbocycles. The van der Waals surface area contributed by atoms with Gasteiger partial charge in [0.25, 0.3) is 11.5 Å². The van der Waals surface area contributed by atoms with E-state index in [1.54, 1.807) is 30.3 Å². The van der Waals surface area contributed by atoms with E-state index in [4.69, 9.17) is 4.74 Å². The normalized spacial score (nSPS) is 20.3. The molecule has 0 aliphatic heterocycles. The highest BCUT2D eigenvalue weighted by molar-refractivity contribution is 5.60. The summed E-state index contributed by atoms with van der Waals surface area (Å²) in [6.45, 7) is 0. The number of halogens is 2. The van der Waals surface area contributed by atoms with Gasteiger partial charge in [-0.15, -0.1) is 10.2 Å². The molecule has 4 rings (SSSR count). The minimum atomic E-state index is -2.98. The Kier molecular flexibility index (Phi) is 3.87. The third-order valence-corrected chi connectivity index (χ3v) is 4.62. The Bertz CT molecular complexity index is 1110. The number of ether oxygens (including phenoxy) is 1. The minimum absolute atomic E-state index is 0.0197. The molecule has 3 aromatic rings. The van der Waals surface area contributed by atoms with Gasteiger partial charge in [-0.3, -0.25) is 9.78 Å². The van der Waals surface area contributed by atoms with Gasteiger partial charge in [-0.25, -0.2) is 13.6 Å². The summed E-state index contributed by atoms with van der Waals surface area (Å²) in [4.78, 5) is 27.6. The topological polar surface area (TPSA) is 101 Å². The summed E-state index contributed by atoms with van der Waals surface area (Å²) >= 11 is 0. The van der Waals surface area contributed by atoms with E-state index >= 15 is 0 Å². The van der Waals surface area contributed by atoms with E-state index in [0.717, 1.165) is 0 Å². The molecule has 138 valence electrons. The number of H-pyrrole nitrogens is 2. The molecule has 0 unspecified atom stereocenters. The number of hydrogen-bond acceptors (Lipinski definition) is 5. The van der Waals surface area contributed by atoms with Gasteiger partial charge in [0.05, 0.1) is 24.5 Å². The van der Waals surface area contributed by atoms with Gasteiger partial charge in [-0.2, -0.15) is 0 Å². The molecule has 2 heterocycles. The van der Waals surface area contributed by atoms with Crippen LogP contribution >= 0.6 is 0 Å². The van der Waals surface area contributed by atoms with Gasteiger partial charge in [-0.1, -0.05) is 30.3 Å². The van der Waals surface area contributed by atoms with E-state index in [1.165, 1.54) is 19.4 Å². The first kappa shape index (κ1) is 17.1. The number of hydrogen-bond donors (Lipinski definition) is 2. The molecule has 1 fully saturated rings. The van der Waals surface area contributed by atoms with Crippen molar-refractivity contribution in [3.05, 3.63) is 74.6 Å². The number of alkyl halides is 2. The largest absolute Gasteiger partial charge is 0.480 e. The maximum atomic E-state index is 14.6. The molecule has 2 atom stereocenters. The van der Waals surface area contributed by atoms with Gasteiger partial charge in [0.15, 0.2) is 0 Å². The van der Waals surface area contributed by atoms with Crippen LogP contribution in [0.3, 0.4) is 0 Å². The summed E-state index contributed by atoms with van der Waals surface area (Å²) in [5.41, 5.74) is -0.611. The zero-order valence-corrected chi connectivity index (χ0v) is 14.1. The Hall–Kier alpha value is -3.36. The molecule has 27 heavy (non-hydrogen) atoms. The summed E-state index contributed by atoms with van der Waals surface area (Å²) in [5, 5.41) is 7.71. The maximum Gasteiger partial charge on any atom is 0.325 e. The summed E-state index contributed by atoms with van der Waals surface area (Å²) < 4.78 is 34.3. The second kappa shape index (κ2) is 6.11. The highest BCUT2D eigenvalue weighted by atomic mass is 19.3. The molecule has 1 aliphatic rings. The lowest BCUT2D eigenvalue weighted by atomic mass is 10.0. The van der Waals surface area contributed by atoms with Crippen molar-refractivity contribution in [2.45, 2.75) is 17.8 Å². The number of nitrogens with zero attached hydrogens (tertiary/aromatic N) is 2. The first-order valence-electron chi connectivity index (χ1n) is 8.10. The minimum Gasteiger partial charge on any atom is -0.480 e. The third kappa shape index (κ3) is 2.80. The highest BCUT2D eigenvalue weighted by Crippen LogP contribution is 2.68. The van der Waals surface area contributed by atoms with Crippen LogP contribution in [0.4, 0.5) is 8.78 Å². The van der Waals surface area contributed by atoms with E-state index in [-0.39, 0.29) is 22.7 Å². The van der Waals surface area contributed by atoms with Gasteiger partial charge in [0, 0.05) is 11.8 Å². The number of rotatable bonds is 4. The first-order valence-corrected chi connectivity index (χ1v) is 8.10. The zero-order valence-electron chi connectivity index (χ0n) is 14.1. The van der Waals surface area contributed by atoms with Crippen LogP contribution in [0, 0.1) is 0 Å². The molecule has 0 saturated heterocycles. The first-order chi connectivity index (χ1) is 12.9. The summed E-state index contributed by atoms with van der Waals surface area (Å²) in [5.74, 6) is -5.17. The number of aromatic nitrogens is 4. The van der Waals surface area contributed by atoms with Crippen molar-refractivity contribution in [1.29, 1.82) is 0 Å². The Labute approximate surface area is 151 Å². The molecule has 2 N–H and O–H groups in total. The molecule has 0 bridgehead atoms. The van der Waals surface area contributed by atoms with E-state index in [2.05, 4.69) is 20.2 Å². The van der Waals surface area contributed by atoms with E-state index < -0.39 is 29.0 Å². The van der Waals surface area contributed by atoms with Crippen molar-refractivity contribution in [1.82, 2.24) is 20.2 Å². The fraction of sp³-hybridized carbons (Fsp3) is 0.222. The number of aromatic amines is 2. The van der Waals surface area contributed by atoms with Crippen molar-refractivity contribution < 1.29 is 13.5 Å². The predicted molar refractivity (Wildman–Crippen MR) is 92.1 cm³/mol. The molecule has 9 heteroatoms. The van der Waals surface area contributed by atoms with E-state index in [0.29, 0.717) is 5.56 Å². The van der Waals surface area contributed by atoms with Crippen LogP contribution in [-0.4, -0.2) is 33.2 Å². The second-order valence-electron chi connectivity index (χ2n) is 6.22. The van der Waals surface area contributed by atoms with Crippen LogP contribution in [0.1, 0.15) is 23.0 Å². The van der Waals surface area contributed by atoms with Crippen molar-refractivity contribution in [3.63, 3.8) is 0 Å². The molecular formula is C18H14F2N4O3. The second-order valence-corrected chi connectivity index (χ2v) is 6.22. The Balaban J connectivity index is 1.81. The van der Waals surface area contributed by atoms with Gasteiger partial charge in [0.1, 0.15) is 5.69 Å². The molecule has 0 amide bonds. The standard InChI is InChI=1S/C18H14F2N4O3/c1-27-16-10(14-13(18(14,19)20)9-5-3-2-4-6-9)7-12(23-24-16)11-8-21-17(26)22-15(11)25/h2-8,13-14H,1H3,(H2,21,22,25,26)/t13-,14-/m1/s1. The van der Waals surface area contributed by atoms with Crippen molar-refractivity contribution >= 4 is 0 Å². The van der Waals surface area contributed by atoms with Gasteiger partial charge < -0.3 is 9.72 Å². The molecule has 2 aromatic heterocycles. The lowest BCUT2D eigenvalue weighted by molar-refractivity contribution is 0.104. The molecule has 0 spiro atoms. The highest BCUT2D eigenvalue weighted by Gasteiger charge is 2.70. The molecular weight excluding hydrogens is 358 g/mol. The molecule has 7 nitrogen and oxygen atoms in total. The number of methoxy groups -OCH3 is 1. The van der Waals surface area contributed by atoms with Crippen molar-refractivity contribution in [3.8, 4) is 17.1 Å². The summed E-state index contributed by atoms with van der Waals surface area (Å²) in [6.07, 6.45) is 1.17.